The summed E-state index contributed by atoms with van der Waals surface area (Å²) in [6.45, 7) is 5.23. The topological polar surface area (TPSA) is 29.9 Å². The average Bonchev–Trinajstić information content (AvgIpc) is 2.79. The predicted octanol–water partition coefficient (Wildman–Crippen LogP) is 5.56. The van der Waals surface area contributed by atoms with E-state index in [-0.39, 0.29) is 0 Å². The second-order valence-electron chi connectivity index (χ2n) is 6.72. The van der Waals surface area contributed by atoms with Gasteiger partial charge in [0.1, 0.15) is 5.82 Å². The van der Waals surface area contributed by atoms with E-state index < -0.39 is 0 Å². The zero-order chi connectivity index (χ0) is 17.4. The number of aromatic nitrogens is 2. The molecule has 1 aliphatic rings. The molecule has 25 heavy (non-hydrogen) atoms. The molecule has 2 aromatic carbocycles. The van der Waals surface area contributed by atoms with Gasteiger partial charge in [0.25, 0.3) is 0 Å². The van der Waals surface area contributed by atoms with Crippen molar-refractivity contribution in [2.75, 3.05) is 11.9 Å². The Morgan fingerprint density at radius 3 is 2.72 bits per heavy atom. The van der Waals surface area contributed by atoms with Gasteiger partial charge < -0.3 is 5.32 Å². The van der Waals surface area contributed by atoms with Crippen LogP contribution in [0.25, 0.3) is 16.9 Å². The molecule has 0 saturated heterocycles. The van der Waals surface area contributed by atoms with Crippen LogP contribution >= 0.6 is 11.6 Å². The average molecular weight is 352 g/mol. The van der Waals surface area contributed by atoms with Gasteiger partial charge in [-0.1, -0.05) is 41.9 Å². The van der Waals surface area contributed by atoms with Crippen LogP contribution in [0, 0.1) is 13.8 Å². The molecule has 0 amide bonds. The van der Waals surface area contributed by atoms with Gasteiger partial charge in [-0.2, -0.15) is 5.10 Å². The van der Waals surface area contributed by atoms with Gasteiger partial charge in [-0.05, 0) is 56.4 Å². The first kappa shape index (κ1) is 16.2. The first-order chi connectivity index (χ1) is 12.1. The highest BCUT2D eigenvalue weighted by atomic mass is 35.5. The van der Waals surface area contributed by atoms with Crippen LogP contribution in [0.2, 0.25) is 5.02 Å². The summed E-state index contributed by atoms with van der Waals surface area (Å²) in [6, 6.07) is 14.5. The lowest BCUT2D eigenvalue weighted by molar-refractivity contribution is 0.779. The van der Waals surface area contributed by atoms with Crippen molar-refractivity contribution >= 4 is 17.4 Å². The van der Waals surface area contributed by atoms with Crippen LogP contribution in [0.5, 0.6) is 0 Å². The Morgan fingerprint density at radius 1 is 1.04 bits per heavy atom. The number of aryl methyl sites for hydroxylation is 2. The molecule has 0 unspecified atom stereocenters. The molecular weight excluding hydrogens is 330 g/mol. The summed E-state index contributed by atoms with van der Waals surface area (Å²) >= 11 is 6.27. The van der Waals surface area contributed by atoms with Gasteiger partial charge in [0.2, 0.25) is 0 Å². The zero-order valence-electron chi connectivity index (χ0n) is 14.6. The number of nitrogens with zero attached hydrogens (tertiary/aromatic N) is 2. The number of halogens is 1. The second kappa shape index (κ2) is 6.57. The van der Waals surface area contributed by atoms with Crippen LogP contribution in [0.15, 0.2) is 42.5 Å². The maximum absolute atomic E-state index is 6.27. The third-order valence-corrected chi connectivity index (χ3v) is 5.16. The number of hydrogen-bond donors (Lipinski definition) is 1. The number of fused-ring (bicyclic) bond motifs is 1. The van der Waals surface area contributed by atoms with Crippen LogP contribution < -0.4 is 5.32 Å². The monoisotopic (exact) mass is 351 g/mol. The fourth-order valence-electron chi connectivity index (χ4n) is 3.54. The smallest absolute Gasteiger partial charge is 0.133 e. The summed E-state index contributed by atoms with van der Waals surface area (Å²) in [6.07, 6.45) is 3.40. The third-order valence-electron chi connectivity index (χ3n) is 4.93. The van der Waals surface area contributed by atoms with Gasteiger partial charge in [-0.15, -0.1) is 0 Å². The first-order valence-corrected chi connectivity index (χ1v) is 9.21. The molecule has 0 saturated carbocycles. The molecule has 0 fully saturated rings. The molecule has 0 radical (unpaired) electrons. The van der Waals surface area contributed by atoms with E-state index in [0.717, 1.165) is 40.8 Å². The van der Waals surface area contributed by atoms with E-state index in [0.29, 0.717) is 0 Å². The number of nitrogens with one attached hydrogen (secondary N) is 1. The Labute approximate surface area is 153 Å². The predicted molar refractivity (Wildman–Crippen MR) is 105 cm³/mol. The molecule has 128 valence electrons. The zero-order valence-corrected chi connectivity index (χ0v) is 15.4. The van der Waals surface area contributed by atoms with E-state index in [2.05, 4.69) is 49.5 Å². The summed E-state index contributed by atoms with van der Waals surface area (Å²) in [7, 11) is 0. The molecule has 1 aliphatic heterocycles. The molecule has 3 aromatic rings. The van der Waals surface area contributed by atoms with Gasteiger partial charge in [-0.3, -0.25) is 0 Å². The van der Waals surface area contributed by atoms with Crippen LogP contribution in [0.3, 0.4) is 0 Å². The highest BCUT2D eigenvalue weighted by molar-refractivity contribution is 6.30. The lowest BCUT2D eigenvalue weighted by Gasteiger charge is -2.12. The summed E-state index contributed by atoms with van der Waals surface area (Å²) in [5, 5.41) is 9.37. The lowest BCUT2D eigenvalue weighted by Crippen LogP contribution is -2.08. The highest BCUT2D eigenvalue weighted by Crippen LogP contribution is 2.36. The normalized spacial score (nSPS) is 13.9. The number of anilines is 1. The van der Waals surface area contributed by atoms with Gasteiger partial charge in [0.05, 0.1) is 11.4 Å². The SMILES string of the molecule is Cc1ccccc1-c1nn(-c2cc(Cl)ccc2C)c2c1CCCCN2. The van der Waals surface area contributed by atoms with Crippen LogP contribution in [0.4, 0.5) is 5.82 Å². The Balaban J connectivity index is 1.97. The van der Waals surface area contributed by atoms with E-state index in [1.807, 2.05) is 16.8 Å². The van der Waals surface area contributed by atoms with E-state index in [4.69, 9.17) is 16.7 Å². The van der Waals surface area contributed by atoms with Crippen molar-refractivity contribution in [3.8, 4) is 16.9 Å². The Kier molecular flexibility index (Phi) is 4.26. The number of rotatable bonds is 2. The van der Waals surface area contributed by atoms with Crippen molar-refractivity contribution in [2.24, 2.45) is 0 Å². The second-order valence-corrected chi connectivity index (χ2v) is 7.15. The fraction of sp³-hybridized carbons (Fsp3) is 0.286. The van der Waals surface area contributed by atoms with Crippen molar-refractivity contribution in [3.63, 3.8) is 0 Å². The highest BCUT2D eigenvalue weighted by Gasteiger charge is 2.23. The van der Waals surface area contributed by atoms with Crippen LogP contribution in [-0.4, -0.2) is 16.3 Å². The largest absolute Gasteiger partial charge is 0.370 e. The minimum absolute atomic E-state index is 0.732. The fourth-order valence-corrected chi connectivity index (χ4v) is 3.71. The maximum Gasteiger partial charge on any atom is 0.133 e. The standard InChI is InChI=1S/C21H22ClN3/c1-14-7-3-4-8-17(14)20-18-9-5-6-12-23-21(18)25(24-20)19-13-16(22)11-10-15(19)2/h3-4,7-8,10-11,13,23H,5-6,9,12H2,1-2H3. The minimum atomic E-state index is 0.732. The van der Waals surface area contributed by atoms with Crippen molar-refractivity contribution in [1.29, 1.82) is 0 Å². The molecule has 0 atom stereocenters. The molecule has 3 nitrogen and oxygen atoms in total. The third kappa shape index (κ3) is 2.93. The minimum Gasteiger partial charge on any atom is -0.370 e. The summed E-state index contributed by atoms with van der Waals surface area (Å²) in [5.74, 6) is 1.11. The molecule has 2 heterocycles. The summed E-state index contributed by atoms with van der Waals surface area (Å²) in [4.78, 5) is 0. The van der Waals surface area contributed by atoms with Gasteiger partial charge in [-0.25, -0.2) is 4.68 Å². The summed E-state index contributed by atoms with van der Waals surface area (Å²) in [5.41, 5.74) is 7.06. The van der Waals surface area contributed by atoms with Crippen LogP contribution in [-0.2, 0) is 6.42 Å². The molecule has 1 aromatic heterocycles. The molecule has 0 spiro atoms. The Bertz CT molecular complexity index is 927. The van der Waals surface area contributed by atoms with E-state index in [1.165, 1.54) is 29.5 Å². The van der Waals surface area contributed by atoms with Crippen molar-refractivity contribution in [3.05, 3.63) is 64.2 Å². The lowest BCUT2D eigenvalue weighted by atomic mass is 10.00. The number of hydrogen-bond acceptors (Lipinski definition) is 2. The molecule has 0 aliphatic carbocycles. The van der Waals surface area contributed by atoms with E-state index in [9.17, 15) is 0 Å². The summed E-state index contributed by atoms with van der Waals surface area (Å²) < 4.78 is 2.05. The molecule has 4 heteroatoms. The van der Waals surface area contributed by atoms with E-state index >= 15 is 0 Å². The van der Waals surface area contributed by atoms with Gasteiger partial charge in [0, 0.05) is 22.7 Å². The molecule has 1 N–H and O–H groups in total. The molecule has 4 rings (SSSR count). The molecule has 0 bridgehead atoms. The van der Waals surface area contributed by atoms with Gasteiger partial charge in [0.15, 0.2) is 0 Å². The van der Waals surface area contributed by atoms with Gasteiger partial charge >= 0.3 is 0 Å². The quantitative estimate of drug-likeness (QED) is 0.655. The Hall–Kier alpha value is -2.26. The maximum atomic E-state index is 6.27. The van der Waals surface area contributed by atoms with E-state index in [1.54, 1.807) is 0 Å². The molecular formula is C21H22ClN3. The van der Waals surface area contributed by atoms with Crippen molar-refractivity contribution in [1.82, 2.24) is 9.78 Å². The van der Waals surface area contributed by atoms with Crippen molar-refractivity contribution in [2.45, 2.75) is 33.1 Å². The first-order valence-electron chi connectivity index (χ1n) is 8.83. The van der Waals surface area contributed by atoms with Crippen LogP contribution in [0.1, 0.15) is 29.5 Å². The van der Waals surface area contributed by atoms with Crippen molar-refractivity contribution < 1.29 is 0 Å². The Morgan fingerprint density at radius 2 is 1.88 bits per heavy atom. The number of benzene rings is 2.